The SMILES string of the molecule is CCNC1CCCN(CCCn2ccnc2)C1=O. The van der Waals surface area contributed by atoms with Crippen LogP contribution in [0.1, 0.15) is 26.2 Å². The first-order valence-electron chi connectivity index (χ1n) is 6.79. The highest BCUT2D eigenvalue weighted by molar-refractivity contribution is 5.82. The quantitative estimate of drug-likeness (QED) is 0.815. The van der Waals surface area contributed by atoms with Crippen LogP contribution in [0.4, 0.5) is 0 Å². The summed E-state index contributed by atoms with van der Waals surface area (Å²) >= 11 is 0. The van der Waals surface area contributed by atoms with E-state index in [-0.39, 0.29) is 11.9 Å². The van der Waals surface area contributed by atoms with E-state index in [0.717, 1.165) is 45.4 Å². The van der Waals surface area contributed by atoms with Gasteiger partial charge in [-0.05, 0) is 25.8 Å². The Morgan fingerprint density at radius 1 is 1.50 bits per heavy atom. The number of piperidine rings is 1. The zero-order valence-corrected chi connectivity index (χ0v) is 11.0. The normalized spacial score (nSPS) is 20.4. The topological polar surface area (TPSA) is 50.2 Å². The first-order valence-corrected chi connectivity index (χ1v) is 6.79. The Hall–Kier alpha value is -1.36. The van der Waals surface area contributed by atoms with Crippen molar-refractivity contribution < 1.29 is 4.79 Å². The highest BCUT2D eigenvalue weighted by atomic mass is 16.2. The molecule has 2 rings (SSSR count). The van der Waals surface area contributed by atoms with Gasteiger partial charge in [-0.15, -0.1) is 0 Å². The maximum Gasteiger partial charge on any atom is 0.239 e. The summed E-state index contributed by atoms with van der Waals surface area (Å²) in [5.41, 5.74) is 0. The van der Waals surface area contributed by atoms with Gasteiger partial charge in [0.1, 0.15) is 0 Å². The number of nitrogens with one attached hydrogen (secondary N) is 1. The lowest BCUT2D eigenvalue weighted by Gasteiger charge is -2.32. The van der Waals surface area contributed by atoms with Crippen molar-refractivity contribution in [1.82, 2.24) is 19.8 Å². The van der Waals surface area contributed by atoms with Crippen LogP contribution < -0.4 is 5.32 Å². The molecule has 1 atom stereocenters. The van der Waals surface area contributed by atoms with Gasteiger partial charge < -0.3 is 14.8 Å². The second kappa shape index (κ2) is 6.54. The molecule has 0 radical (unpaired) electrons. The van der Waals surface area contributed by atoms with Crippen LogP contribution in [0.2, 0.25) is 0 Å². The lowest BCUT2D eigenvalue weighted by Crippen LogP contribution is -2.50. The van der Waals surface area contributed by atoms with Crippen molar-refractivity contribution in [3.05, 3.63) is 18.7 Å². The maximum atomic E-state index is 12.2. The minimum atomic E-state index is 0.0389. The largest absolute Gasteiger partial charge is 0.341 e. The molecule has 18 heavy (non-hydrogen) atoms. The van der Waals surface area contributed by atoms with E-state index in [9.17, 15) is 4.79 Å². The lowest BCUT2D eigenvalue weighted by atomic mass is 10.0. The molecule has 1 saturated heterocycles. The minimum Gasteiger partial charge on any atom is -0.341 e. The van der Waals surface area contributed by atoms with Gasteiger partial charge >= 0.3 is 0 Å². The van der Waals surface area contributed by atoms with Crippen molar-refractivity contribution in [2.24, 2.45) is 0 Å². The van der Waals surface area contributed by atoms with E-state index >= 15 is 0 Å². The predicted molar refractivity (Wildman–Crippen MR) is 70.1 cm³/mol. The van der Waals surface area contributed by atoms with Crippen LogP contribution >= 0.6 is 0 Å². The highest BCUT2D eigenvalue weighted by Gasteiger charge is 2.27. The van der Waals surface area contributed by atoms with E-state index in [1.165, 1.54) is 0 Å². The summed E-state index contributed by atoms with van der Waals surface area (Å²) in [5, 5.41) is 3.26. The molecule has 1 fully saturated rings. The Kier molecular flexibility index (Phi) is 4.75. The molecule has 5 heteroatoms. The van der Waals surface area contributed by atoms with Crippen LogP contribution in [0.25, 0.3) is 0 Å². The Morgan fingerprint density at radius 2 is 2.39 bits per heavy atom. The standard InChI is InChI=1S/C13H22N4O/c1-2-15-12-5-3-8-17(13(12)18)9-4-7-16-10-6-14-11-16/h6,10-12,15H,2-5,7-9H2,1H3. The van der Waals surface area contributed by atoms with Gasteiger partial charge in [-0.2, -0.15) is 0 Å². The van der Waals surface area contributed by atoms with Gasteiger partial charge in [-0.3, -0.25) is 4.79 Å². The second-order valence-electron chi connectivity index (χ2n) is 4.73. The molecule has 0 aromatic carbocycles. The molecule has 100 valence electrons. The lowest BCUT2D eigenvalue weighted by molar-refractivity contribution is -0.136. The third kappa shape index (κ3) is 3.32. The van der Waals surface area contributed by atoms with Crippen molar-refractivity contribution in [3.8, 4) is 0 Å². The molecule has 1 aliphatic rings. The van der Waals surface area contributed by atoms with Gasteiger partial charge in [0.15, 0.2) is 0 Å². The number of imidazole rings is 1. The summed E-state index contributed by atoms with van der Waals surface area (Å²) in [6, 6.07) is 0.0389. The smallest absolute Gasteiger partial charge is 0.239 e. The Bertz CT molecular complexity index is 361. The molecule has 1 aromatic rings. The monoisotopic (exact) mass is 250 g/mol. The molecule has 1 aliphatic heterocycles. The molecule has 1 amide bonds. The number of aromatic nitrogens is 2. The number of carbonyl (C=O) groups excluding carboxylic acids is 1. The fraction of sp³-hybridized carbons (Fsp3) is 0.692. The van der Waals surface area contributed by atoms with Gasteiger partial charge in [0.2, 0.25) is 5.91 Å². The molecule has 1 aromatic heterocycles. The van der Waals surface area contributed by atoms with Crippen molar-refractivity contribution in [3.63, 3.8) is 0 Å². The third-order valence-electron chi connectivity index (χ3n) is 3.38. The van der Waals surface area contributed by atoms with E-state index in [0.29, 0.717) is 0 Å². The molecule has 1 unspecified atom stereocenters. The Morgan fingerprint density at radius 3 is 3.11 bits per heavy atom. The van der Waals surface area contributed by atoms with Gasteiger partial charge in [0.25, 0.3) is 0 Å². The molecule has 2 heterocycles. The van der Waals surface area contributed by atoms with Gasteiger partial charge in [0.05, 0.1) is 12.4 Å². The van der Waals surface area contributed by atoms with Gasteiger partial charge in [-0.25, -0.2) is 4.98 Å². The van der Waals surface area contributed by atoms with Gasteiger partial charge in [-0.1, -0.05) is 6.92 Å². The average Bonchev–Trinajstić information content (AvgIpc) is 2.87. The zero-order chi connectivity index (χ0) is 12.8. The maximum absolute atomic E-state index is 12.2. The number of likely N-dealkylation sites (tertiary alicyclic amines) is 1. The summed E-state index contributed by atoms with van der Waals surface area (Å²) in [5.74, 6) is 0.272. The average molecular weight is 250 g/mol. The van der Waals surface area contributed by atoms with E-state index < -0.39 is 0 Å². The number of hydrogen-bond donors (Lipinski definition) is 1. The predicted octanol–water partition coefficient (Wildman–Crippen LogP) is 0.874. The van der Waals surface area contributed by atoms with E-state index in [4.69, 9.17) is 0 Å². The second-order valence-corrected chi connectivity index (χ2v) is 4.73. The Balaban J connectivity index is 1.76. The summed E-state index contributed by atoms with van der Waals surface area (Å²) in [4.78, 5) is 18.2. The molecule has 0 aliphatic carbocycles. The summed E-state index contributed by atoms with van der Waals surface area (Å²) < 4.78 is 2.05. The summed E-state index contributed by atoms with van der Waals surface area (Å²) in [7, 11) is 0. The molecule has 0 saturated carbocycles. The number of carbonyl (C=O) groups is 1. The summed E-state index contributed by atoms with van der Waals surface area (Å²) in [6.45, 7) is 5.59. The van der Waals surface area contributed by atoms with E-state index in [2.05, 4.69) is 14.9 Å². The van der Waals surface area contributed by atoms with Crippen molar-refractivity contribution >= 4 is 5.91 Å². The van der Waals surface area contributed by atoms with Crippen LogP contribution in [-0.2, 0) is 11.3 Å². The first kappa shape index (κ1) is 13.1. The number of aryl methyl sites for hydroxylation is 1. The molecular formula is C13H22N4O. The Labute approximate surface area is 108 Å². The minimum absolute atomic E-state index is 0.0389. The van der Waals surface area contributed by atoms with Gasteiger partial charge in [0, 0.05) is 32.0 Å². The fourth-order valence-electron chi connectivity index (χ4n) is 2.46. The van der Waals surface area contributed by atoms with Crippen LogP contribution in [0.3, 0.4) is 0 Å². The van der Waals surface area contributed by atoms with Crippen molar-refractivity contribution in [1.29, 1.82) is 0 Å². The number of nitrogens with zero attached hydrogens (tertiary/aromatic N) is 3. The molecule has 5 nitrogen and oxygen atoms in total. The number of hydrogen-bond acceptors (Lipinski definition) is 3. The van der Waals surface area contributed by atoms with Crippen LogP contribution in [0, 0.1) is 0 Å². The van der Waals surface area contributed by atoms with Crippen LogP contribution in [0.5, 0.6) is 0 Å². The number of likely N-dealkylation sites (N-methyl/N-ethyl adjacent to an activating group) is 1. The molecule has 0 bridgehead atoms. The highest BCUT2D eigenvalue weighted by Crippen LogP contribution is 2.12. The zero-order valence-electron chi connectivity index (χ0n) is 11.0. The number of amides is 1. The summed E-state index contributed by atoms with van der Waals surface area (Å²) in [6.07, 6.45) is 8.63. The van der Waals surface area contributed by atoms with E-state index in [1.807, 2.05) is 24.3 Å². The van der Waals surface area contributed by atoms with Crippen LogP contribution in [0.15, 0.2) is 18.7 Å². The number of rotatable bonds is 6. The molecular weight excluding hydrogens is 228 g/mol. The van der Waals surface area contributed by atoms with Crippen molar-refractivity contribution in [2.75, 3.05) is 19.6 Å². The molecule has 1 N–H and O–H groups in total. The first-order chi connectivity index (χ1) is 8.81. The van der Waals surface area contributed by atoms with E-state index in [1.54, 1.807) is 6.20 Å². The molecule has 0 spiro atoms. The fourth-order valence-corrected chi connectivity index (χ4v) is 2.46. The van der Waals surface area contributed by atoms with Crippen molar-refractivity contribution in [2.45, 2.75) is 38.8 Å². The third-order valence-corrected chi connectivity index (χ3v) is 3.38. The van der Waals surface area contributed by atoms with Crippen LogP contribution in [-0.4, -0.2) is 46.0 Å².